The topological polar surface area (TPSA) is 97.2 Å². The SMILES string of the molecule is CCOc1cc(C)nc(NCc2cc(C(=O)O)ccn2)n1. The molecule has 0 atom stereocenters. The number of nitrogens with one attached hydrogen (secondary N) is 1. The van der Waals surface area contributed by atoms with Gasteiger partial charge in [-0.25, -0.2) is 9.78 Å². The third kappa shape index (κ3) is 4.13. The van der Waals surface area contributed by atoms with Crippen molar-refractivity contribution < 1.29 is 14.6 Å². The highest BCUT2D eigenvalue weighted by molar-refractivity contribution is 5.87. The van der Waals surface area contributed by atoms with Crippen molar-refractivity contribution >= 4 is 11.9 Å². The Balaban J connectivity index is 2.09. The van der Waals surface area contributed by atoms with E-state index in [2.05, 4.69) is 20.3 Å². The first-order valence-corrected chi connectivity index (χ1v) is 6.49. The van der Waals surface area contributed by atoms with Gasteiger partial charge in [0.2, 0.25) is 11.8 Å². The van der Waals surface area contributed by atoms with Crippen LogP contribution in [0.15, 0.2) is 24.4 Å². The number of carboxylic acids is 1. The maximum absolute atomic E-state index is 10.9. The minimum atomic E-state index is -0.982. The van der Waals surface area contributed by atoms with Crippen LogP contribution >= 0.6 is 0 Å². The fourth-order valence-electron chi connectivity index (χ4n) is 1.72. The molecule has 0 amide bonds. The van der Waals surface area contributed by atoms with Gasteiger partial charge >= 0.3 is 5.97 Å². The molecule has 2 aromatic rings. The van der Waals surface area contributed by atoms with Gasteiger partial charge in [0.25, 0.3) is 0 Å². The first kappa shape index (κ1) is 14.7. The Labute approximate surface area is 122 Å². The fourth-order valence-corrected chi connectivity index (χ4v) is 1.72. The molecule has 0 radical (unpaired) electrons. The average Bonchev–Trinajstić information content (AvgIpc) is 2.45. The summed E-state index contributed by atoms with van der Waals surface area (Å²) in [5, 5.41) is 11.9. The number of aromatic nitrogens is 3. The zero-order valence-corrected chi connectivity index (χ0v) is 11.8. The number of nitrogens with zero attached hydrogens (tertiary/aromatic N) is 3. The smallest absolute Gasteiger partial charge is 0.335 e. The van der Waals surface area contributed by atoms with Crippen LogP contribution in [-0.4, -0.2) is 32.6 Å². The lowest BCUT2D eigenvalue weighted by molar-refractivity contribution is 0.0696. The van der Waals surface area contributed by atoms with Gasteiger partial charge in [-0.1, -0.05) is 0 Å². The Kier molecular flexibility index (Phi) is 4.65. The molecule has 0 aromatic carbocycles. The second-order valence-electron chi connectivity index (χ2n) is 4.30. The zero-order valence-electron chi connectivity index (χ0n) is 11.8. The lowest BCUT2D eigenvalue weighted by atomic mass is 10.2. The Morgan fingerprint density at radius 3 is 2.90 bits per heavy atom. The number of pyridine rings is 1. The van der Waals surface area contributed by atoms with E-state index in [1.54, 1.807) is 6.07 Å². The molecule has 0 unspecified atom stereocenters. The molecule has 2 heterocycles. The second-order valence-corrected chi connectivity index (χ2v) is 4.30. The fraction of sp³-hybridized carbons (Fsp3) is 0.286. The van der Waals surface area contributed by atoms with E-state index in [0.717, 1.165) is 5.69 Å². The van der Waals surface area contributed by atoms with Gasteiger partial charge in [-0.15, -0.1) is 0 Å². The summed E-state index contributed by atoms with van der Waals surface area (Å²) < 4.78 is 5.35. The summed E-state index contributed by atoms with van der Waals surface area (Å²) in [5.74, 6) is -0.0650. The van der Waals surface area contributed by atoms with E-state index < -0.39 is 5.97 Å². The summed E-state index contributed by atoms with van der Waals surface area (Å²) in [6, 6.07) is 4.70. The van der Waals surface area contributed by atoms with Crippen molar-refractivity contribution in [3.63, 3.8) is 0 Å². The molecule has 0 aliphatic heterocycles. The summed E-state index contributed by atoms with van der Waals surface area (Å²) in [7, 11) is 0. The average molecular weight is 288 g/mol. The molecule has 0 spiro atoms. The van der Waals surface area contributed by atoms with Crippen LogP contribution in [0.4, 0.5) is 5.95 Å². The van der Waals surface area contributed by atoms with E-state index in [1.165, 1.54) is 18.3 Å². The number of rotatable bonds is 6. The quantitative estimate of drug-likeness (QED) is 0.837. The number of hydrogen-bond donors (Lipinski definition) is 2. The second kappa shape index (κ2) is 6.65. The van der Waals surface area contributed by atoms with Crippen molar-refractivity contribution in [2.45, 2.75) is 20.4 Å². The summed E-state index contributed by atoms with van der Waals surface area (Å²) in [6.45, 7) is 4.58. The van der Waals surface area contributed by atoms with E-state index in [4.69, 9.17) is 9.84 Å². The summed E-state index contributed by atoms with van der Waals surface area (Å²) in [4.78, 5) is 23.5. The van der Waals surface area contributed by atoms with Crippen molar-refractivity contribution in [1.29, 1.82) is 0 Å². The Bertz CT molecular complexity index is 646. The van der Waals surface area contributed by atoms with Gasteiger partial charge < -0.3 is 15.2 Å². The first-order chi connectivity index (χ1) is 10.1. The van der Waals surface area contributed by atoms with Crippen molar-refractivity contribution in [1.82, 2.24) is 15.0 Å². The highest BCUT2D eigenvalue weighted by Gasteiger charge is 2.06. The van der Waals surface area contributed by atoms with Crippen molar-refractivity contribution in [2.75, 3.05) is 11.9 Å². The normalized spacial score (nSPS) is 10.2. The van der Waals surface area contributed by atoms with Crippen molar-refractivity contribution in [3.8, 4) is 5.88 Å². The van der Waals surface area contributed by atoms with Crippen LogP contribution in [0.3, 0.4) is 0 Å². The van der Waals surface area contributed by atoms with Gasteiger partial charge in [0.15, 0.2) is 0 Å². The van der Waals surface area contributed by atoms with Gasteiger partial charge in [0.05, 0.1) is 24.4 Å². The summed E-state index contributed by atoms with van der Waals surface area (Å²) in [6.07, 6.45) is 1.46. The lowest BCUT2D eigenvalue weighted by Gasteiger charge is -2.08. The molecule has 0 aliphatic carbocycles. The molecule has 0 aliphatic rings. The molecule has 0 bridgehead atoms. The minimum Gasteiger partial charge on any atom is -0.478 e. The molecular weight excluding hydrogens is 272 g/mol. The van der Waals surface area contributed by atoms with Crippen LogP contribution in [0, 0.1) is 6.92 Å². The minimum absolute atomic E-state index is 0.196. The number of aryl methyl sites for hydroxylation is 1. The molecule has 2 aromatic heterocycles. The largest absolute Gasteiger partial charge is 0.478 e. The molecule has 21 heavy (non-hydrogen) atoms. The number of carbonyl (C=O) groups is 1. The van der Waals surface area contributed by atoms with Crippen LogP contribution in [0.25, 0.3) is 0 Å². The third-order valence-corrected chi connectivity index (χ3v) is 2.61. The Morgan fingerprint density at radius 2 is 2.19 bits per heavy atom. The maximum atomic E-state index is 10.9. The van der Waals surface area contributed by atoms with Gasteiger partial charge in [0.1, 0.15) is 0 Å². The van der Waals surface area contributed by atoms with Crippen molar-refractivity contribution in [3.05, 3.63) is 41.3 Å². The molecule has 7 heteroatoms. The predicted molar refractivity (Wildman–Crippen MR) is 76.5 cm³/mol. The summed E-state index contributed by atoms with van der Waals surface area (Å²) >= 11 is 0. The molecule has 7 nitrogen and oxygen atoms in total. The lowest BCUT2D eigenvalue weighted by Crippen LogP contribution is -2.08. The number of ether oxygens (including phenoxy) is 1. The van der Waals surface area contributed by atoms with Crippen LogP contribution in [0.2, 0.25) is 0 Å². The van der Waals surface area contributed by atoms with Crippen LogP contribution < -0.4 is 10.1 Å². The number of hydrogen-bond acceptors (Lipinski definition) is 6. The van der Waals surface area contributed by atoms with E-state index in [9.17, 15) is 4.79 Å². The third-order valence-electron chi connectivity index (χ3n) is 2.61. The Hall–Kier alpha value is -2.70. The number of aromatic carboxylic acids is 1. The highest BCUT2D eigenvalue weighted by atomic mass is 16.5. The van der Waals surface area contributed by atoms with Gasteiger partial charge in [0, 0.05) is 18.0 Å². The molecular formula is C14H16N4O3. The number of anilines is 1. The van der Waals surface area contributed by atoms with E-state index >= 15 is 0 Å². The highest BCUT2D eigenvalue weighted by Crippen LogP contribution is 2.12. The zero-order chi connectivity index (χ0) is 15.2. The summed E-state index contributed by atoms with van der Waals surface area (Å²) in [5.41, 5.74) is 1.57. The Morgan fingerprint density at radius 1 is 1.38 bits per heavy atom. The van der Waals surface area contributed by atoms with Gasteiger partial charge in [-0.2, -0.15) is 4.98 Å². The van der Waals surface area contributed by atoms with E-state index in [-0.39, 0.29) is 5.56 Å². The van der Waals surface area contributed by atoms with Crippen LogP contribution in [-0.2, 0) is 6.54 Å². The standard InChI is InChI=1S/C14H16N4O3/c1-3-21-12-6-9(2)17-14(18-12)16-8-11-7-10(13(19)20)4-5-15-11/h4-7H,3,8H2,1-2H3,(H,19,20)(H,16,17,18). The van der Waals surface area contributed by atoms with E-state index in [0.29, 0.717) is 30.7 Å². The molecule has 0 saturated carbocycles. The maximum Gasteiger partial charge on any atom is 0.335 e. The van der Waals surface area contributed by atoms with Gasteiger partial charge in [-0.05, 0) is 26.0 Å². The molecule has 2 rings (SSSR count). The molecule has 110 valence electrons. The van der Waals surface area contributed by atoms with Crippen LogP contribution in [0.5, 0.6) is 5.88 Å². The van der Waals surface area contributed by atoms with Crippen molar-refractivity contribution in [2.24, 2.45) is 0 Å². The first-order valence-electron chi connectivity index (χ1n) is 6.49. The predicted octanol–water partition coefficient (Wildman–Crippen LogP) is 1.89. The van der Waals surface area contributed by atoms with Gasteiger partial charge in [-0.3, -0.25) is 4.98 Å². The van der Waals surface area contributed by atoms with Crippen LogP contribution in [0.1, 0.15) is 28.7 Å². The molecule has 0 fully saturated rings. The molecule has 0 saturated heterocycles. The number of carboxylic acid groups (broad SMARTS) is 1. The van der Waals surface area contributed by atoms with E-state index in [1.807, 2.05) is 13.8 Å². The molecule has 2 N–H and O–H groups in total. The monoisotopic (exact) mass is 288 g/mol.